The van der Waals surface area contributed by atoms with Gasteiger partial charge in [-0.15, -0.1) is 11.3 Å². The van der Waals surface area contributed by atoms with Gasteiger partial charge in [0.15, 0.2) is 0 Å². The third-order valence-corrected chi connectivity index (χ3v) is 3.73. The van der Waals surface area contributed by atoms with Crippen LogP contribution in [-0.2, 0) is 6.18 Å². The fourth-order valence-corrected chi connectivity index (χ4v) is 2.60. The second-order valence-electron chi connectivity index (χ2n) is 4.37. The summed E-state index contributed by atoms with van der Waals surface area (Å²) in [6, 6.07) is 6.11. The predicted octanol–water partition coefficient (Wildman–Crippen LogP) is 4.29. The predicted molar refractivity (Wildman–Crippen MR) is 79.6 cm³/mol. The minimum Gasteiger partial charge on any atom is -0.492 e. The number of hydrogen-bond acceptors (Lipinski definition) is 4. The fourth-order valence-electron chi connectivity index (χ4n) is 1.87. The van der Waals surface area contributed by atoms with Crippen LogP contribution in [0.15, 0.2) is 29.6 Å². The van der Waals surface area contributed by atoms with Crippen molar-refractivity contribution in [2.75, 3.05) is 11.9 Å². The largest absolute Gasteiger partial charge is 0.492 e. The van der Waals surface area contributed by atoms with Gasteiger partial charge in [-0.25, -0.2) is 0 Å². The Morgan fingerprint density at radius 3 is 2.74 bits per heavy atom. The maximum atomic E-state index is 12.9. The van der Waals surface area contributed by atoms with E-state index < -0.39 is 23.2 Å². The molecule has 1 heterocycles. The van der Waals surface area contributed by atoms with E-state index in [1.54, 1.807) is 18.4 Å². The third kappa shape index (κ3) is 3.81. The molecule has 2 rings (SSSR count). The second kappa shape index (κ2) is 6.71. The summed E-state index contributed by atoms with van der Waals surface area (Å²) in [6.45, 7) is 2.13. The number of thiophene rings is 1. The van der Waals surface area contributed by atoms with Crippen LogP contribution in [0.1, 0.15) is 27.7 Å². The Morgan fingerprint density at radius 1 is 1.39 bits per heavy atom. The highest BCUT2D eigenvalue weighted by molar-refractivity contribution is 7.12. The van der Waals surface area contributed by atoms with Gasteiger partial charge in [-0.1, -0.05) is 0 Å². The van der Waals surface area contributed by atoms with Crippen LogP contribution in [0.25, 0.3) is 0 Å². The first-order chi connectivity index (χ1) is 10.9. The van der Waals surface area contributed by atoms with Gasteiger partial charge in [0.05, 0.1) is 23.8 Å². The highest BCUT2D eigenvalue weighted by Crippen LogP contribution is 2.34. The van der Waals surface area contributed by atoms with E-state index in [9.17, 15) is 18.0 Å². The molecule has 0 spiro atoms. The molecule has 0 radical (unpaired) electrons. The lowest BCUT2D eigenvalue weighted by molar-refractivity contribution is -0.137. The van der Waals surface area contributed by atoms with Crippen molar-refractivity contribution in [1.82, 2.24) is 0 Å². The van der Waals surface area contributed by atoms with Gasteiger partial charge >= 0.3 is 6.18 Å². The monoisotopic (exact) mass is 340 g/mol. The lowest BCUT2D eigenvalue weighted by atomic mass is 10.1. The first-order valence-corrected chi connectivity index (χ1v) is 7.37. The minimum atomic E-state index is -4.68. The van der Waals surface area contributed by atoms with E-state index in [1.807, 2.05) is 0 Å². The first-order valence-electron chi connectivity index (χ1n) is 6.49. The highest BCUT2D eigenvalue weighted by Gasteiger charge is 2.34. The van der Waals surface area contributed by atoms with Crippen LogP contribution in [0.4, 0.5) is 18.9 Å². The number of carbonyl (C=O) groups is 1. The number of alkyl halides is 3. The van der Waals surface area contributed by atoms with Gasteiger partial charge in [-0.05, 0) is 36.6 Å². The van der Waals surface area contributed by atoms with E-state index in [1.165, 1.54) is 12.1 Å². The number of ether oxygens (including phenoxy) is 1. The van der Waals surface area contributed by atoms with Crippen molar-refractivity contribution in [2.24, 2.45) is 0 Å². The average molecular weight is 340 g/mol. The fraction of sp³-hybridized carbons (Fsp3) is 0.200. The number of nitriles is 1. The van der Waals surface area contributed by atoms with E-state index in [0.717, 1.165) is 23.5 Å². The van der Waals surface area contributed by atoms with Crippen molar-refractivity contribution in [3.63, 3.8) is 0 Å². The number of anilines is 1. The van der Waals surface area contributed by atoms with Gasteiger partial charge in [0.1, 0.15) is 10.6 Å². The molecule has 0 saturated carbocycles. The van der Waals surface area contributed by atoms with Crippen LogP contribution in [0.2, 0.25) is 0 Å². The summed E-state index contributed by atoms with van der Waals surface area (Å²) in [5.41, 5.74) is -1.63. The molecule has 4 nitrogen and oxygen atoms in total. The Labute approximate surface area is 134 Å². The SMILES string of the molecule is CCOc1ccsc1C(=O)Nc1ccc(C#N)c(C(F)(F)F)c1. The Bertz CT molecular complexity index is 763. The molecule has 8 heteroatoms. The van der Waals surface area contributed by atoms with Crippen LogP contribution in [-0.4, -0.2) is 12.5 Å². The molecular weight excluding hydrogens is 329 g/mol. The summed E-state index contributed by atoms with van der Waals surface area (Å²) in [5.74, 6) is -0.194. The molecule has 2 aromatic rings. The van der Waals surface area contributed by atoms with E-state index in [-0.39, 0.29) is 10.6 Å². The number of halogens is 3. The zero-order chi connectivity index (χ0) is 17.0. The highest BCUT2D eigenvalue weighted by atomic mass is 32.1. The lowest BCUT2D eigenvalue weighted by Gasteiger charge is -2.12. The molecule has 0 atom stereocenters. The minimum absolute atomic E-state index is 0.0443. The summed E-state index contributed by atoms with van der Waals surface area (Å²) in [4.78, 5) is 12.4. The second-order valence-corrected chi connectivity index (χ2v) is 5.29. The summed E-state index contributed by atoms with van der Waals surface area (Å²) < 4.78 is 44.0. The molecule has 1 amide bonds. The van der Waals surface area contributed by atoms with Gasteiger partial charge < -0.3 is 10.1 Å². The molecule has 0 bridgehead atoms. The number of amides is 1. The van der Waals surface area contributed by atoms with Crippen LogP contribution in [0, 0.1) is 11.3 Å². The molecule has 0 saturated heterocycles. The molecule has 1 aromatic carbocycles. The van der Waals surface area contributed by atoms with E-state index in [0.29, 0.717) is 12.4 Å². The van der Waals surface area contributed by atoms with Gasteiger partial charge in [-0.2, -0.15) is 18.4 Å². The number of carbonyl (C=O) groups excluding carboxylic acids is 1. The standard InChI is InChI=1S/C15H11F3N2O2S/c1-2-22-12-5-6-23-13(12)14(21)20-10-4-3-9(8-19)11(7-10)15(16,17)18/h3-7H,2H2,1H3,(H,20,21). The lowest BCUT2D eigenvalue weighted by Crippen LogP contribution is -2.14. The maximum Gasteiger partial charge on any atom is 0.417 e. The number of nitrogens with one attached hydrogen (secondary N) is 1. The van der Waals surface area contributed by atoms with Crippen molar-refractivity contribution >= 4 is 22.9 Å². The summed E-state index contributed by atoms with van der Waals surface area (Å²) >= 11 is 1.12. The molecule has 120 valence electrons. The third-order valence-electron chi connectivity index (χ3n) is 2.84. The van der Waals surface area contributed by atoms with Gasteiger partial charge in [0.2, 0.25) is 0 Å². The Kier molecular flexibility index (Phi) is 4.91. The van der Waals surface area contributed by atoms with Crippen LogP contribution >= 0.6 is 11.3 Å². The van der Waals surface area contributed by atoms with Crippen molar-refractivity contribution in [3.8, 4) is 11.8 Å². The molecular formula is C15H11F3N2O2S. The molecule has 0 aliphatic rings. The number of hydrogen-bond donors (Lipinski definition) is 1. The average Bonchev–Trinajstić information content (AvgIpc) is 2.95. The summed E-state index contributed by atoms with van der Waals surface area (Å²) in [5, 5.41) is 12.8. The van der Waals surface area contributed by atoms with E-state index >= 15 is 0 Å². The zero-order valence-electron chi connectivity index (χ0n) is 11.9. The van der Waals surface area contributed by atoms with E-state index in [2.05, 4.69) is 5.32 Å². The Hall–Kier alpha value is -2.53. The van der Waals surface area contributed by atoms with Crippen molar-refractivity contribution in [3.05, 3.63) is 45.6 Å². The van der Waals surface area contributed by atoms with Crippen molar-refractivity contribution < 1.29 is 22.7 Å². The molecule has 0 fully saturated rings. The van der Waals surface area contributed by atoms with Gasteiger partial charge in [0, 0.05) is 5.69 Å². The molecule has 23 heavy (non-hydrogen) atoms. The number of nitrogens with zero attached hydrogens (tertiary/aromatic N) is 1. The molecule has 0 unspecified atom stereocenters. The Morgan fingerprint density at radius 2 is 2.13 bits per heavy atom. The molecule has 0 aliphatic carbocycles. The number of benzene rings is 1. The first kappa shape index (κ1) is 16.8. The Balaban J connectivity index is 2.28. The van der Waals surface area contributed by atoms with Crippen LogP contribution in [0.3, 0.4) is 0 Å². The summed E-state index contributed by atoms with van der Waals surface area (Å²) in [7, 11) is 0. The number of rotatable bonds is 4. The van der Waals surface area contributed by atoms with Crippen LogP contribution < -0.4 is 10.1 Å². The smallest absolute Gasteiger partial charge is 0.417 e. The quantitative estimate of drug-likeness (QED) is 0.903. The topological polar surface area (TPSA) is 62.1 Å². The van der Waals surface area contributed by atoms with Crippen molar-refractivity contribution in [2.45, 2.75) is 13.1 Å². The molecule has 1 aromatic heterocycles. The summed E-state index contributed by atoms with van der Waals surface area (Å²) in [6.07, 6.45) is -4.68. The van der Waals surface area contributed by atoms with Gasteiger partial charge in [0.25, 0.3) is 5.91 Å². The van der Waals surface area contributed by atoms with Gasteiger partial charge in [-0.3, -0.25) is 4.79 Å². The normalized spacial score (nSPS) is 10.9. The van der Waals surface area contributed by atoms with Crippen molar-refractivity contribution in [1.29, 1.82) is 5.26 Å². The maximum absolute atomic E-state index is 12.9. The van der Waals surface area contributed by atoms with E-state index in [4.69, 9.17) is 10.00 Å². The molecule has 1 N–H and O–H groups in total. The van der Waals surface area contributed by atoms with Crippen LogP contribution in [0.5, 0.6) is 5.75 Å². The molecule has 0 aliphatic heterocycles. The zero-order valence-corrected chi connectivity index (χ0v) is 12.7.